The number of hydrogen-bond donors (Lipinski definition) is 2. The fourth-order valence-corrected chi connectivity index (χ4v) is 4.48. The molecule has 0 spiro atoms. The Hall–Kier alpha value is -4.85. The standard InChI is InChI=1S/C32H32O8/c1-6-39-32(35)22-15-26(36-3)30(27(16-22)37-4)23-17-28(38-5)29(31(34)19(23)2)21-12-13-25(24(33)14-21)40-18-20-10-8-7-9-11-20/h7-17,33-34H,6,18H2,1-5H3. The van der Waals surface area contributed by atoms with Gasteiger partial charge in [0.15, 0.2) is 11.5 Å². The molecule has 0 aromatic heterocycles. The number of carbonyl (C=O) groups is 1. The van der Waals surface area contributed by atoms with Gasteiger partial charge in [-0.1, -0.05) is 36.4 Å². The van der Waals surface area contributed by atoms with Crippen LogP contribution < -0.4 is 18.9 Å². The summed E-state index contributed by atoms with van der Waals surface area (Å²) in [6, 6.07) is 19.4. The lowest BCUT2D eigenvalue weighted by atomic mass is 9.91. The van der Waals surface area contributed by atoms with Crippen molar-refractivity contribution in [3.63, 3.8) is 0 Å². The molecular formula is C32H32O8. The van der Waals surface area contributed by atoms with E-state index in [2.05, 4.69) is 0 Å². The van der Waals surface area contributed by atoms with Gasteiger partial charge in [-0.25, -0.2) is 4.79 Å². The number of phenols is 2. The average Bonchev–Trinajstić information content (AvgIpc) is 2.97. The molecule has 8 heteroatoms. The number of hydrogen-bond acceptors (Lipinski definition) is 8. The Kier molecular flexibility index (Phi) is 8.69. The smallest absolute Gasteiger partial charge is 0.338 e. The number of methoxy groups -OCH3 is 3. The van der Waals surface area contributed by atoms with Crippen LogP contribution in [0, 0.1) is 6.92 Å². The number of aromatic hydroxyl groups is 2. The van der Waals surface area contributed by atoms with Gasteiger partial charge in [-0.15, -0.1) is 0 Å². The summed E-state index contributed by atoms with van der Waals surface area (Å²) in [5.74, 6) is 0.757. The minimum atomic E-state index is -0.505. The largest absolute Gasteiger partial charge is 0.507 e. The molecule has 0 heterocycles. The van der Waals surface area contributed by atoms with E-state index in [0.29, 0.717) is 57.4 Å². The molecule has 208 valence electrons. The van der Waals surface area contributed by atoms with Crippen molar-refractivity contribution in [2.24, 2.45) is 0 Å². The predicted molar refractivity (Wildman–Crippen MR) is 152 cm³/mol. The third kappa shape index (κ3) is 5.61. The summed E-state index contributed by atoms with van der Waals surface area (Å²) in [4.78, 5) is 12.4. The molecule has 0 unspecified atom stereocenters. The van der Waals surface area contributed by atoms with Crippen LogP contribution in [0.3, 0.4) is 0 Å². The first-order chi connectivity index (χ1) is 19.3. The van der Waals surface area contributed by atoms with Gasteiger partial charge in [-0.05, 0) is 66.4 Å². The van der Waals surface area contributed by atoms with Crippen LogP contribution in [0.25, 0.3) is 22.3 Å². The number of carbonyl (C=O) groups excluding carboxylic acids is 1. The lowest BCUT2D eigenvalue weighted by Crippen LogP contribution is -2.06. The second-order valence-corrected chi connectivity index (χ2v) is 8.91. The zero-order valence-electron chi connectivity index (χ0n) is 23.1. The van der Waals surface area contributed by atoms with Crippen molar-refractivity contribution >= 4 is 5.97 Å². The highest BCUT2D eigenvalue weighted by Crippen LogP contribution is 2.50. The second-order valence-electron chi connectivity index (χ2n) is 8.91. The minimum absolute atomic E-state index is 0.0507. The van der Waals surface area contributed by atoms with Crippen molar-refractivity contribution in [2.45, 2.75) is 20.5 Å². The van der Waals surface area contributed by atoms with E-state index in [9.17, 15) is 15.0 Å². The maximum absolute atomic E-state index is 12.4. The molecule has 0 aliphatic carbocycles. The Morgan fingerprint density at radius 1 is 0.775 bits per heavy atom. The third-order valence-corrected chi connectivity index (χ3v) is 6.51. The Bertz CT molecular complexity index is 1490. The molecule has 0 atom stereocenters. The molecule has 4 aromatic carbocycles. The van der Waals surface area contributed by atoms with Crippen LogP contribution in [-0.4, -0.2) is 44.1 Å². The van der Waals surface area contributed by atoms with Gasteiger partial charge < -0.3 is 33.9 Å². The zero-order valence-corrected chi connectivity index (χ0v) is 23.1. The quantitative estimate of drug-likeness (QED) is 0.218. The number of rotatable bonds is 10. The molecular weight excluding hydrogens is 512 g/mol. The van der Waals surface area contributed by atoms with Crippen LogP contribution in [0.1, 0.15) is 28.4 Å². The molecule has 4 aromatic rings. The first-order valence-electron chi connectivity index (χ1n) is 12.7. The van der Waals surface area contributed by atoms with Gasteiger partial charge in [0.25, 0.3) is 0 Å². The molecule has 0 aliphatic rings. The van der Waals surface area contributed by atoms with Crippen molar-refractivity contribution < 1.29 is 38.7 Å². The van der Waals surface area contributed by atoms with E-state index in [1.165, 1.54) is 27.4 Å². The summed E-state index contributed by atoms with van der Waals surface area (Å²) in [7, 11) is 4.46. The number of benzene rings is 4. The summed E-state index contributed by atoms with van der Waals surface area (Å²) in [5.41, 5.74) is 3.80. The normalized spacial score (nSPS) is 10.6. The highest BCUT2D eigenvalue weighted by Gasteiger charge is 2.25. The molecule has 0 saturated heterocycles. The fraction of sp³-hybridized carbons (Fsp3) is 0.219. The van der Waals surface area contributed by atoms with Gasteiger partial charge in [-0.3, -0.25) is 0 Å². The molecule has 0 aliphatic heterocycles. The first kappa shape index (κ1) is 28.2. The topological polar surface area (TPSA) is 104 Å². The number of esters is 1. The second kappa shape index (κ2) is 12.3. The highest BCUT2D eigenvalue weighted by molar-refractivity contribution is 5.95. The van der Waals surface area contributed by atoms with E-state index < -0.39 is 5.97 Å². The Morgan fingerprint density at radius 3 is 1.98 bits per heavy atom. The van der Waals surface area contributed by atoms with Crippen molar-refractivity contribution in [1.82, 2.24) is 0 Å². The van der Waals surface area contributed by atoms with Gasteiger partial charge in [-0.2, -0.15) is 0 Å². The Morgan fingerprint density at radius 2 is 1.40 bits per heavy atom. The molecule has 0 fully saturated rings. The van der Waals surface area contributed by atoms with Crippen LogP contribution in [0.5, 0.6) is 34.5 Å². The summed E-state index contributed by atoms with van der Waals surface area (Å²) in [6.07, 6.45) is 0. The van der Waals surface area contributed by atoms with E-state index in [4.69, 9.17) is 23.7 Å². The fourth-order valence-electron chi connectivity index (χ4n) is 4.48. The minimum Gasteiger partial charge on any atom is -0.507 e. The van der Waals surface area contributed by atoms with E-state index in [1.54, 1.807) is 44.2 Å². The van der Waals surface area contributed by atoms with Crippen LogP contribution in [0.4, 0.5) is 0 Å². The van der Waals surface area contributed by atoms with Gasteiger partial charge in [0.2, 0.25) is 0 Å². The summed E-state index contributed by atoms with van der Waals surface area (Å²) >= 11 is 0. The molecule has 2 N–H and O–H groups in total. The number of phenolic OH excluding ortho intramolecular Hbond substituents is 2. The summed E-state index contributed by atoms with van der Waals surface area (Å²) in [6.45, 7) is 4.01. The van der Waals surface area contributed by atoms with E-state index in [0.717, 1.165) is 5.56 Å². The lowest BCUT2D eigenvalue weighted by molar-refractivity contribution is 0.0525. The van der Waals surface area contributed by atoms with Gasteiger partial charge >= 0.3 is 5.97 Å². The maximum Gasteiger partial charge on any atom is 0.338 e. The molecule has 0 radical (unpaired) electrons. The maximum atomic E-state index is 12.4. The van der Waals surface area contributed by atoms with Crippen molar-refractivity contribution in [3.8, 4) is 56.8 Å². The SMILES string of the molecule is CCOC(=O)c1cc(OC)c(-c2cc(OC)c(-c3ccc(OCc4ccccc4)c(O)c3)c(O)c2C)c(OC)c1. The van der Waals surface area contributed by atoms with Crippen LogP contribution in [0.15, 0.2) is 66.7 Å². The first-order valence-corrected chi connectivity index (χ1v) is 12.7. The van der Waals surface area contributed by atoms with E-state index >= 15 is 0 Å². The Labute approximate surface area is 233 Å². The van der Waals surface area contributed by atoms with Crippen molar-refractivity contribution in [3.05, 3.63) is 83.4 Å². The Balaban J connectivity index is 1.77. The zero-order chi connectivity index (χ0) is 28.8. The third-order valence-electron chi connectivity index (χ3n) is 6.51. The summed E-state index contributed by atoms with van der Waals surface area (Å²) < 4.78 is 27.9. The molecule has 0 bridgehead atoms. The lowest BCUT2D eigenvalue weighted by Gasteiger charge is -2.21. The van der Waals surface area contributed by atoms with Gasteiger partial charge in [0, 0.05) is 0 Å². The average molecular weight is 545 g/mol. The highest BCUT2D eigenvalue weighted by atomic mass is 16.5. The van der Waals surface area contributed by atoms with Crippen molar-refractivity contribution in [1.29, 1.82) is 0 Å². The molecule has 0 amide bonds. The van der Waals surface area contributed by atoms with Gasteiger partial charge in [0.05, 0.1) is 44.6 Å². The van der Waals surface area contributed by atoms with Crippen LogP contribution in [0.2, 0.25) is 0 Å². The predicted octanol–water partition coefficient (Wildman–Crippen LogP) is 6.52. The monoisotopic (exact) mass is 544 g/mol. The summed E-state index contributed by atoms with van der Waals surface area (Å²) in [5, 5.41) is 22.1. The molecule has 40 heavy (non-hydrogen) atoms. The van der Waals surface area contributed by atoms with Crippen molar-refractivity contribution in [2.75, 3.05) is 27.9 Å². The molecule has 0 saturated carbocycles. The van der Waals surface area contributed by atoms with Gasteiger partial charge in [0.1, 0.15) is 29.6 Å². The molecule has 8 nitrogen and oxygen atoms in total. The van der Waals surface area contributed by atoms with Crippen LogP contribution >= 0.6 is 0 Å². The van der Waals surface area contributed by atoms with E-state index in [1.807, 2.05) is 30.3 Å². The van der Waals surface area contributed by atoms with Crippen LogP contribution in [-0.2, 0) is 11.3 Å². The number of ether oxygens (including phenoxy) is 5. The molecule has 4 rings (SSSR count). The van der Waals surface area contributed by atoms with E-state index in [-0.39, 0.29) is 23.7 Å².